The predicted octanol–water partition coefficient (Wildman–Crippen LogP) is 3.51. The lowest BCUT2D eigenvalue weighted by Gasteiger charge is -2.40. The molecule has 86 valence electrons. The third kappa shape index (κ3) is 1.25. The molecule has 1 heteroatoms. The molecule has 0 spiro atoms. The fourth-order valence-corrected chi connectivity index (χ4v) is 4.72. The standard InChI is InChI=1S/C14H24O/c1-13(9-5-2-6-10-13)14(15)11-7-3-4-8-12(11)14/h11-12,15H,2-10H2,1H3. The maximum absolute atomic E-state index is 11.0. The van der Waals surface area contributed by atoms with E-state index in [1.54, 1.807) is 0 Å². The summed E-state index contributed by atoms with van der Waals surface area (Å²) in [6, 6.07) is 0. The Balaban J connectivity index is 1.80. The summed E-state index contributed by atoms with van der Waals surface area (Å²) in [5, 5.41) is 11.0. The average Bonchev–Trinajstić information content (AvgIpc) is 2.89. The highest BCUT2D eigenvalue weighted by atomic mass is 16.3. The Morgan fingerprint density at radius 3 is 1.93 bits per heavy atom. The summed E-state index contributed by atoms with van der Waals surface area (Å²) in [6.07, 6.45) is 12.0. The topological polar surface area (TPSA) is 20.2 Å². The van der Waals surface area contributed by atoms with Crippen LogP contribution in [0.4, 0.5) is 0 Å². The summed E-state index contributed by atoms with van der Waals surface area (Å²) >= 11 is 0. The molecule has 3 rings (SSSR count). The van der Waals surface area contributed by atoms with Crippen LogP contribution in [-0.4, -0.2) is 10.7 Å². The van der Waals surface area contributed by atoms with Gasteiger partial charge in [0.1, 0.15) is 0 Å². The minimum Gasteiger partial charge on any atom is -0.389 e. The Morgan fingerprint density at radius 1 is 0.867 bits per heavy atom. The van der Waals surface area contributed by atoms with Gasteiger partial charge in [0, 0.05) is 0 Å². The van der Waals surface area contributed by atoms with E-state index in [0.717, 1.165) is 0 Å². The molecule has 0 radical (unpaired) electrons. The molecule has 3 aliphatic rings. The largest absolute Gasteiger partial charge is 0.389 e. The molecule has 0 bridgehead atoms. The van der Waals surface area contributed by atoms with Crippen LogP contribution in [0.25, 0.3) is 0 Å². The summed E-state index contributed by atoms with van der Waals surface area (Å²) in [6.45, 7) is 2.37. The van der Waals surface area contributed by atoms with Crippen molar-refractivity contribution in [3.8, 4) is 0 Å². The van der Waals surface area contributed by atoms with Gasteiger partial charge in [-0.25, -0.2) is 0 Å². The SMILES string of the molecule is CC1(C2(O)C3CCCCC32)CCCCC1. The Bertz CT molecular complexity index is 240. The summed E-state index contributed by atoms with van der Waals surface area (Å²) in [5.74, 6) is 1.35. The highest BCUT2D eigenvalue weighted by Gasteiger charge is 2.70. The molecular formula is C14H24O. The summed E-state index contributed by atoms with van der Waals surface area (Å²) in [7, 11) is 0. The summed E-state index contributed by atoms with van der Waals surface area (Å²) in [5.41, 5.74) is 0.0227. The van der Waals surface area contributed by atoms with Crippen molar-refractivity contribution in [2.24, 2.45) is 17.3 Å². The Labute approximate surface area is 93.3 Å². The maximum Gasteiger partial charge on any atom is 0.0764 e. The van der Waals surface area contributed by atoms with Gasteiger partial charge in [-0.2, -0.15) is 0 Å². The molecule has 3 fully saturated rings. The van der Waals surface area contributed by atoms with Gasteiger partial charge in [-0.1, -0.05) is 39.0 Å². The number of rotatable bonds is 1. The Kier molecular flexibility index (Phi) is 2.18. The minimum atomic E-state index is -0.246. The molecule has 2 atom stereocenters. The third-order valence-corrected chi connectivity index (χ3v) is 5.71. The second kappa shape index (κ2) is 3.23. The van der Waals surface area contributed by atoms with Crippen LogP contribution in [0.2, 0.25) is 0 Å². The van der Waals surface area contributed by atoms with Crippen LogP contribution in [0.5, 0.6) is 0 Å². The van der Waals surface area contributed by atoms with Crippen molar-refractivity contribution in [3.63, 3.8) is 0 Å². The lowest BCUT2D eigenvalue weighted by atomic mass is 9.68. The van der Waals surface area contributed by atoms with E-state index in [1.165, 1.54) is 57.8 Å². The van der Waals surface area contributed by atoms with Gasteiger partial charge < -0.3 is 5.11 Å². The molecule has 3 aliphatic carbocycles. The maximum atomic E-state index is 11.0. The highest BCUT2D eigenvalue weighted by Crippen LogP contribution is 2.68. The molecule has 0 aromatic rings. The van der Waals surface area contributed by atoms with Crippen LogP contribution in [0.1, 0.15) is 64.7 Å². The van der Waals surface area contributed by atoms with Crippen LogP contribution in [0, 0.1) is 17.3 Å². The van der Waals surface area contributed by atoms with Crippen LogP contribution >= 0.6 is 0 Å². The molecule has 0 heterocycles. The van der Waals surface area contributed by atoms with Crippen molar-refractivity contribution in [1.82, 2.24) is 0 Å². The van der Waals surface area contributed by atoms with Crippen LogP contribution < -0.4 is 0 Å². The fraction of sp³-hybridized carbons (Fsp3) is 1.00. The first-order chi connectivity index (χ1) is 7.18. The van der Waals surface area contributed by atoms with Crippen molar-refractivity contribution in [3.05, 3.63) is 0 Å². The first-order valence-corrected chi connectivity index (χ1v) is 6.91. The number of hydrogen-bond acceptors (Lipinski definition) is 1. The molecular weight excluding hydrogens is 184 g/mol. The fourth-order valence-electron chi connectivity index (χ4n) is 4.72. The van der Waals surface area contributed by atoms with E-state index in [0.29, 0.717) is 11.8 Å². The van der Waals surface area contributed by atoms with Crippen LogP contribution in [-0.2, 0) is 0 Å². The normalized spacial score (nSPS) is 48.4. The summed E-state index contributed by atoms with van der Waals surface area (Å²) < 4.78 is 0. The van der Waals surface area contributed by atoms with E-state index in [4.69, 9.17) is 0 Å². The molecule has 0 amide bonds. The van der Waals surface area contributed by atoms with Crippen LogP contribution in [0.15, 0.2) is 0 Å². The molecule has 3 saturated carbocycles. The number of fused-ring (bicyclic) bond motifs is 1. The molecule has 1 nitrogen and oxygen atoms in total. The van der Waals surface area contributed by atoms with Gasteiger partial charge in [0.2, 0.25) is 0 Å². The van der Waals surface area contributed by atoms with Crippen LogP contribution in [0.3, 0.4) is 0 Å². The van der Waals surface area contributed by atoms with Crippen molar-refractivity contribution in [2.45, 2.75) is 70.3 Å². The second-order valence-electron chi connectivity index (χ2n) is 6.44. The smallest absolute Gasteiger partial charge is 0.0764 e. The third-order valence-electron chi connectivity index (χ3n) is 5.71. The van der Waals surface area contributed by atoms with Crippen molar-refractivity contribution in [1.29, 1.82) is 0 Å². The lowest BCUT2D eigenvalue weighted by Crippen LogP contribution is -2.39. The molecule has 2 unspecified atom stereocenters. The number of hydrogen-bond donors (Lipinski definition) is 1. The van der Waals surface area contributed by atoms with Gasteiger partial charge in [0.25, 0.3) is 0 Å². The van der Waals surface area contributed by atoms with Gasteiger partial charge in [-0.15, -0.1) is 0 Å². The number of aliphatic hydroxyl groups is 1. The zero-order valence-electron chi connectivity index (χ0n) is 9.97. The molecule has 0 saturated heterocycles. The molecule has 0 aromatic carbocycles. The van der Waals surface area contributed by atoms with Gasteiger partial charge >= 0.3 is 0 Å². The Morgan fingerprint density at radius 2 is 1.40 bits per heavy atom. The quantitative estimate of drug-likeness (QED) is 0.699. The molecule has 15 heavy (non-hydrogen) atoms. The van der Waals surface area contributed by atoms with Crippen molar-refractivity contribution < 1.29 is 5.11 Å². The van der Waals surface area contributed by atoms with E-state index < -0.39 is 0 Å². The van der Waals surface area contributed by atoms with Gasteiger partial charge in [-0.3, -0.25) is 0 Å². The second-order valence-corrected chi connectivity index (χ2v) is 6.44. The van der Waals surface area contributed by atoms with E-state index in [2.05, 4.69) is 6.92 Å². The molecule has 1 N–H and O–H groups in total. The lowest BCUT2D eigenvalue weighted by molar-refractivity contribution is -0.0352. The van der Waals surface area contributed by atoms with E-state index in [-0.39, 0.29) is 11.0 Å². The van der Waals surface area contributed by atoms with Gasteiger partial charge in [-0.05, 0) is 42.9 Å². The van der Waals surface area contributed by atoms with E-state index in [9.17, 15) is 5.11 Å². The van der Waals surface area contributed by atoms with E-state index >= 15 is 0 Å². The van der Waals surface area contributed by atoms with Crippen molar-refractivity contribution in [2.75, 3.05) is 0 Å². The zero-order valence-corrected chi connectivity index (χ0v) is 9.97. The monoisotopic (exact) mass is 208 g/mol. The zero-order chi connectivity index (χ0) is 10.5. The van der Waals surface area contributed by atoms with Gasteiger partial charge in [0.05, 0.1) is 5.60 Å². The van der Waals surface area contributed by atoms with Crippen molar-refractivity contribution >= 4 is 0 Å². The van der Waals surface area contributed by atoms with Gasteiger partial charge in [0.15, 0.2) is 0 Å². The predicted molar refractivity (Wildman–Crippen MR) is 61.6 cm³/mol. The molecule has 0 aliphatic heterocycles. The average molecular weight is 208 g/mol. The first kappa shape index (κ1) is 10.1. The summed E-state index contributed by atoms with van der Waals surface area (Å²) in [4.78, 5) is 0. The Hall–Kier alpha value is -0.0400. The van der Waals surface area contributed by atoms with E-state index in [1.807, 2.05) is 0 Å². The molecule has 0 aromatic heterocycles. The minimum absolute atomic E-state index is 0.246. The highest BCUT2D eigenvalue weighted by molar-refractivity contribution is 5.20. The first-order valence-electron chi connectivity index (χ1n) is 6.91.